The summed E-state index contributed by atoms with van der Waals surface area (Å²) in [6.07, 6.45) is 1.77. The molecule has 0 radical (unpaired) electrons. The molecule has 0 atom stereocenters. The number of hydrogen-bond acceptors (Lipinski definition) is 1. The van der Waals surface area contributed by atoms with Crippen LogP contribution in [0.15, 0.2) is 72.8 Å². The first-order chi connectivity index (χ1) is 11.3. The van der Waals surface area contributed by atoms with Crippen LogP contribution in [0, 0.1) is 5.82 Å². The number of benzene rings is 3. The van der Waals surface area contributed by atoms with E-state index < -0.39 is 0 Å². The summed E-state index contributed by atoms with van der Waals surface area (Å²) in [4.78, 5) is 4.74. The lowest BCUT2D eigenvalue weighted by Crippen LogP contribution is -1.97. The summed E-state index contributed by atoms with van der Waals surface area (Å²) in [6, 6.07) is 23.5. The second-order valence-electron chi connectivity index (χ2n) is 5.75. The Balaban J connectivity index is 1.83. The molecule has 0 amide bonds. The Morgan fingerprint density at radius 2 is 1.43 bits per heavy atom. The highest BCUT2D eigenvalue weighted by Crippen LogP contribution is 2.27. The fourth-order valence-corrected chi connectivity index (χ4v) is 3.10. The maximum atomic E-state index is 13.6. The summed E-state index contributed by atoms with van der Waals surface area (Å²) < 4.78 is 13.6. The summed E-state index contributed by atoms with van der Waals surface area (Å²) in [7, 11) is 0. The Morgan fingerprint density at radius 3 is 2.26 bits per heavy atom. The molecule has 0 spiro atoms. The smallest absolute Gasteiger partial charge is 0.125 e. The van der Waals surface area contributed by atoms with E-state index >= 15 is 0 Å². The second-order valence-corrected chi connectivity index (χ2v) is 5.75. The van der Waals surface area contributed by atoms with E-state index in [1.807, 2.05) is 24.3 Å². The van der Waals surface area contributed by atoms with Gasteiger partial charge in [-0.2, -0.15) is 0 Å². The minimum Gasteiger partial charge on any atom is -0.252 e. The SMILES string of the molecule is Fc1ccc2c(c1)nc(CCc1ccccc1)c1ccccc12. The second kappa shape index (κ2) is 5.81. The maximum absolute atomic E-state index is 13.6. The standard InChI is InChI=1S/C21H16FN/c22-16-11-12-19-17-8-4-5-9-18(17)20(23-21(19)14-16)13-10-15-6-2-1-3-7-15/h1-9,11-12,14H,10,13H2. The molecule has 0 aliphatic heterocycles. The van der Waals surface area contributed by atoms with Crippen LogP contribution in [0.2, 0.25) is 0 Å². The van der Waals surface area contributed by atoms with Gasteiger partial charge in [-0.15, -0.1) is 0 Å². The average Bonchev–Trinajstić information content (AvgIpc) is 2.60. The highest BCUT2D eigenvalue weighted by atomic mass is 19.1. The van der Waals surface area contributed by atoms with Crippen molar-refractivity contribution in [2.24, 2.45) is 0 Å². The number of nitrogens with zero attached hydrogens (tertiary/aromatic N) is 1. The van der Waals surface area contributed by atoms with E-state index in [1.54, 1.807) is 0 Å². The summed E-state index contributed by atoms with van der Waals surface area (Å²) in [5.41, 5.74) is 3.05. The monoisotopic (exact) mass is 301 g/mol. The van der Waals surface area contributed by atoms with E-state index in [4.69, 9.17) is 4.98 Å². The van der Waals surface area contributed by atoms with Gasteiger partial charge in [0.1, 0.15) is 5.82 Å². The van der Waals surface area contributed by atoms with Crippen LogP contribution in [-0.4, -0.2) is 4.98 Å². The molecule has 1 aromatic heterocycles. The number of halogens is 1. The quantitative estimate of drug-likeness (QED) is 0.467. The molecule has 0 saturated carbocycles. The van der Waals surface area contributed by atoms with E-state index in [0.717, 1.165) is 40.2 Å². The van der Waals surface area contributed by atoms with Crippen molar-refractivity contribution >= 4 is 21.7 Å². The number of fused-ring (bicyclic) bond motifs is 3. The fourth-order valence-electron chi connectivity index (χ4n) is 3.10. The van der Waals surface area contributed by atoms with E-state index in [9.17, 15) is 4.39 Å². The molecule has 0 aliphatic rings. The van der Waals surface area contributed by atoms with Crippen LogP contribution in [0.3, 0.4) is 0 Å². The third kappa shape index (κ3) is 2.68. The van der Waals surface area contributed by atoms with Gasteiger partial charge < -0.3 is 0 Å². The first-order valence-electron chi connectivity index (χ1n) is 7.82. The molecule has 3 aromatic carbocycles. The predicted molar refractivity (Wildman–Crippen MR) is 93.1 cm³/mol. The van der Waals surface area contributed by atoms with Gasteiger partial charge in [-0.1, -0.05) is 54.6 Å². The van der Waals surface area contributed by atoms with Gasteiger partial charge in [0.2, 0.25) is 0 Å². The van der Waals surface area contributed by atoms with Crippen LogP contribution in [0.1, 0.15) is 11.3 Å². The van der Waals surface area contributed by atoms with Gasteiger partial charge in [0.15, 0.2) is 0 Å². The number of pyridine rings is 1. The molecule has 1 heterocycles. The van der Waals surface area contributed by atoms with Crippen molar-refractivity contribution in [2.75, 3.05) is 0 Å². The van der Waals surface area contributed by atoms with Gasteiger partial charge >= 0.3 is 0 Å². The molecular weight excluding hydrogens is 285 g/mol. The molecule has 1 nitrogen and oxygen atoms in total. The molecule has 0 fully saturated rings. The minimum absolute atomic E-state index is 0.241. The van der Waals surface area contributed by atoms with E-state index in [1.165, 1.54) is 17.7 Å². The van der Waals surface area contributed by atoms with Gasteiger partial charge in [0, 0.05) is 22.5 Å². The lowest BCUT2D eigenvalue weighted by Gasteiger charge is -2.10. The Labute approximate surface area is 134 Å². The normalized spacial score (nSPS) is 11.2. The zero-order chi connectivity index (χ0) is 15.6. The Morgan fingerprint density at radius 1 is 0.696 bits per heavy atom. The molecule has 4 aromatic rings. The summed E-state index contributed by atoms with van der Waals surface area (Å²) in [5, 5.41) is 3.30. The number of aryl methyl sites for hydroxylation is 2. The molecule has 0 unspecified atom stereocenters. The summed E-state index contributed by atoms with van der Waals surface area (Å²) in [5.74, 6) is -0.241. The van der Waals surface area contributed by atoms with E-state index in [-0.39, 0.29) is 5.82 Å². The minimum atomic E-state index is -0.241. The Bertz CT molecular complexity index is 977. The molecule has 23 heavy (non-hydrogen) atoms. The van der Waals surface area contributed by atoms with Crippen molar-refractivity contribution in [3.63, 3.8) is 0 Å². The summed E-state index contributed by atoms with van der Waals surface area (Å²) in [6.45, 7) is 0. The highest BCUT2D eigenvalue weighted by Gasteiger charge is 2.09. The van der Waals surface area contributed by atoms with E-state index in [0.29, 0.717) is 0 Å². The average molecular weight is 301 g/mol. The first kappa shape index (κ1) is 13.9. The van der Waals surface area contributed by atoms with Gasteiger partial charge in [0.05, 0.1) is 5.52 Å². The lowest BCUT2D eigenvalue weighted by molar-refractivity contribution is 0.629. The highest BCUT2D eigenvalue weighted by molar-refractivity contribution is 6.06. The molecule has 4 rings (SSSR count). The van der Waals surface area contributed by atoms with Crippen molar-refractivity contribution in [3.05, 3.63) is 89.9 Å². The molecule has 0 N–H and O–H groups in total. The third-order valence-electron chi connectivity index (χ3n) is 4.24. The van der Waals surface area contributed by atoms with Gasteiger partial charge in [0.25, 0.3) is 0 Å². The van der Waals surface area contributed by atoms with Gasteiger partial charge in [-0.3, -0.25) is 4.98 Å². The first-order valence-corrected chi connectivity index (χ1v) is 7.82. The van der Waals surface area contributed by atoms with Crippen LogP contribution >= 0.6 is 0 Å². The maximum Gasteiger partial charge on any atom is 0.125 e. The Kier molecular flexibility index (Phi) is 3.51. The summed E-state index contributed by atoms with van der Waals surface area (Å²) >= 11 is 0. The van der Waals surface area contributed by atoms with Crippen LogP contribution < -0.4 is 0 Å². The lowest BCUT2D eigenvalue weighted by atomic mass is 10.00. The molecule has 2 heteroatoms. The predicted octanol–water partition coefficient (Wildman–Crippen LogP) is 5.31. The van der Waals surface area contributed by atoms with Crippen LogP contribution in [0.4, 0.5) is 4.39 Å². The van der Waals surface area contributed by atoms with Crippen molar-refractivity contribution < 1.29 is 4.39 Å². The van der Waals surface area contributed by atoms with Crippen molar-refractivity contribution in [1.82, 2.24) is 4.98 Å². The topological polar surface area (TPSA) is 12.9 Å². The van der Waals surface area contributed by atoms with Crippen molar-refractivity contribution in [1.29, 1.82) is 0 Å². The van der Waals surface area contributed by atoms with E-state index in [2.05, 4.69) is 36.4 Å². The zero-order valence-corrected chi connectivity index (χ0v) is 12.7. The van der Waals surface area contributed by atoms with Crippen molar-refractivity contribution in [2.45, 2.75) is 12.8 Å². The fraction of sp³-hybridized carbons (Fsp3) is 0.0952. The molecule has 0 saturated heterocycles. The van der Waals surface area contributed by atoms with Crippen LogP contribution in [-0.2, 0) is 12.8 Å². The van der Waals surface area contributed by atoms with Crippen LogP contribution in [0.5, 0.6) is 0 Å². The number of aromatic nitrogens is 1. The van der Waals surface area contributed by atoms with Gasteiger partial charge in [-0.05, 0) is 35.9 Å². The molecule has 0 bridgehead atoms. The zero-order valence-electron chi connectivity index (χ0n) is 12.7. The number of hydrogen-bond donors (Lipinski definition) is 0. The largest absolute Gasteiger partial charge is 0.252 e. The molecular formula is C21H16FN. The molecule has 112 valence electrons. The van der Waals surface area contributed by atoms with Crippen molar-refractivity contribution in [3.8, 4) is 0 Å². The van der Waals surface area contributed by atoms with Gasteiger partial charge in [-0.25, -0.2) is 4.39 Å². The number of rotatable bonds is 3. The molecule has 0 aliphatic carbocycles. The third-order valence-corrected chi connectivity index (χ3v) is 4.24. The van der Waals surface area contributed by atoms with Crippen LogP contribution in [0.25, 0.3) is 21.7 Å². The Hall–Kier alpha value is -2.74.